The molecule has 1 heteroatoms. The molecule has 0 radical (unpaired) electrons. The highest BCUT2D eigenvalue weighted by Crippen LogP contribution is 2.29. The minimum Gasteiger partial charge on any atom is -0.493 e. The second kappa shape index (κ2) is 4.31. The van der Waals surface area contributed by atoms with Crippen LogP contribution in [0.5, 0.6) is 5.75 Å². The fraction of sp³-hybridized carbons (Fsp3) is 0.500. The van der Waals surface area contributed by atoms with Gasteiger partial charge in [-0.25, -0.2) is 0 Å². The fourth-order valence-electron chi connectivity index (χ4n) is 1.56. The summed E-state index contributed by atoms with van der Waals surface area (Å²) in [6.45, 7) is 9.18. The highest BCUT2D eigenvalue weighted by molar-refractivity contribution is 5.45. The molecule has 0 amide bonds. The first kappa shape index (κ1) is 10.1. The molecule has 0 atom stereocenters. The fourth-order valence-corrected chi connectivity index (χ4v) is 1.56. The van der Waals surface area contributed by atoms with Crippen molar-refractivity contribution in [2.24, 2.45) is 0 Å². The van der Waals surface area contributed by atoms with Crippen molar-refractivity contribution in [2.75, 3.05) is 6.61 Å². The quantitative estimate of drug-likeness (QED) is 0.592. The zero-order valence-electron chi connectivity index (χ0n) is 8.98. The minimum absolute atomic E-state index is 0.861. The van der Waals surface area contributed by atoms with E-state index in [1.165, 1.54) is 16.7 Å². The topological polar surface area (TPSA) is 9.23 Å². The Morgan fingerprint density at radius 3 is 2.54 bits per heavy atom. The van der Waals surface area contributed by atoms with Gasteiger partial charge in [-0.05, 0) is 31.0 Å². The predicted octanol–water partition coefficient (Wildman–Crippen LogP) is 3.26. The lowest BCUT2D eigenvalue weighted by atomic mass is 10.0. The average molecular weight is 178 g/mol. The first-order valence-corrected chi connectivity index (χ1v) is 5.01. The molecule has 1 nitrogen and oxygen atoms in total. The number of hydrogen-bond acceptors (Lipinski definition) is 1. The Balaban J connectivity index is 0.000000396. The average Bonchev–Trinajstić information content (AvgIpc) is 2.63. The standard InChI is InChI=1S/C10H12O.C2H6/c1-7-3-4-10-9(8(7)2)5-6-11-10;1-2/h3-4H,5-6H2,1-2H3;1-2H3. The highest BCUT2D eigenvalue weighted by Gasteiger charge is 2.14. The molecule has 2 rings (SSSR count). The van der Waals surface area contributed by atoms with Gasteiger partial charge in [0, 0.05) is 12.0 Å². The summed E-state index contributed by atoms with van der Waals surface area (Å²) in [4.78, 5) is 0. The molecule has 1 aliphatic heterocycles. The molecular weight excluding hydrogens is 160 g/mol. The minimum atomic E-state index is 0.861. The monoisotopic (exact) mass is 178 g/mol. The molecule has 0 saturated heterocycles. The van der Waals surface area contributed by atoms with Crippen LogP contribution < -0.4 is 4.74 Å². The summed E-state index contributed by atoms with van der Waals surface area (Å²) in [7, 11) is 0. The van der Waals surface area contributed by atoms with Crippen LogP contribution in [0.3, 0.4) is 0 Å². The molecule has 0 spiro atoms. The Morgan fingerprint density at radius 1 is 1.15 bits per heavy atom. The van der Waals surface area contributed by atoms with Gasteiger partial charge < -0.3 is 4.74 Å². The Hall–Kier alpha value is -0.980. The first-order chi connectivity index (χ1) is 6.29. The van der Waals surface area contributed by atoms with E-state index in [2.05, 4.69) is 26.0 Å². The van der Waals surface area contributed by atoms with Gasteiger partial charge in [0.25, 0.3) is 0 Å². The van der Waals surface area contributed by atoms with Crippen molar-refractivity contribution in [3.05, 3.63) is 28.8 Å². The molecular formula is C12H18O. The maximum absolute atomic E-state index is 5.43. The van der Waals surface area contributed by atoms with Gasteiger partial charge in [-0.15, -0.1) is 0 Å². The molecule has 0 aliphatic carbocycles. The van der Waals surface area contributed by atoms with Gasteiger partial charge in [0.1, 0.15) is 5.75 Å². The van der Waals surface area contributed by atoms with E-state index < -0.39 is 0 Å². The number of rotatable bonds is 0. The molecule has 0 fully saturated rings. The summed E-state index contributed by atoms with van der Waals surface area (Å²) in [5.41, 5.74) is 4.18. The maximum atomic E-state index is 5.43. The molecule has 1 aromatic carbocycles. The van der Waals surface area contributed by atoms with E-state index in [1.54, 1.807) is 0 Å². The lowest BCUT2D eigenvalue weighted by Crippen LogP contribution is -1.87. The zero-order valence-corrected chi connectivity index (χ0v) is 8.98. The van der Waals surface area contributed by atoms with Gasteiger partial charge in [0.15, 0.2) is 0 Å². The zero-order chi connectivity index (χ0) is 9.84. The Morgan fingerprint density at radius 2 is 1.85 bits per heavy atom. The Kier molecular flexibility index (Phi) is 3.35. The smallest absolute Gasteiger partial charge is 0.122 e. The lowest BCUT2D eigenvalue weighted by Gasteiger charge is -2.04. The maximum Gasteiger partial charge on any atom is 0.122 e. The van der Waals surface area contributed by atoms with Crippen LogP contribution in [0.4, 0.5) is 0 Å². The van der Waals surface area contributed by atoms with E-state index in [-0.39, 0.29) is 0 Å². The van der Waals surface area contributed by atoms with Crippen LogP contribution in [0.1, 0.15) is 30.5 Å². The van der Waals surface area contributed by atoms with Gasteiger partial charge in [-0.2, -0.15) is 0 Å². The van der Waals surface area contributed by atoms with Crippen molar-refractivity contribution in [1.29, 1.82) is 0 Å². The van der Waals surface area contributed by atoms with Crippen molar-refractivity contribution in [1.82, 2.24) is 0 Å². The van der Waals surface area contributed by atoms with Crippen molar-refractivity contribution in [3.63, 3.8) is 0 Å². The molecule has 0 N–H and O–H groups in total. The van der Waals surface area contributed by atoms with E-state index in [0.29, 0.717) is 0 Å². The van der Waals surface area contributed by atoms with Gasteiger partial charge >= 0.3 is 0 Å². The Bertz CT molecular complexity index is 289. The van der Waals surface area contributed by atoms with Crippen molar-refractivity contribution in [3.8, 4) is 5.75 Å². The number of benzene rings is 1. The second-order valence-corrected chi connectivity index (χ2v) is 3.08. The molecule has 1 aliphatic rings. The van der Waals surface area contributed by atoms with E-state index in [0.717, 1.165) is 18.8 Å². The normalized spacial score (nSPS) is 12.6. The third-order valence-corrected chi connectivity index (χ3v) is 2.44. The van der Waals surface area contributed by atoms with Crippen LogP contribution in [-0.4, -0.2) is 6.61 Å². The van der Waals surface area contributed by atoms with Gasteiger partial charge in [-0.1, -0.05) is 19.9 Å². The third kappa shape index (κ3) is 1.85. The summed E-state index contributed by atoms with van der Waals surface area (Å²) in [5, 5.41) is 0. The number of ether oxygens (including phenoxy) is 1. The van der Waals surface area contributed by atoms with Crippen LogP contribution >= 0.6 is 0 Å². The molecule has 0 saturated carbocycles. The lowest BCUT2D eigenvalue weighted by molar-refractivity contribution is 0.357. The van der Waals surface area contributed by atoms with Crippen LogP contribution in [0.25, 0.3) is 0 Å². The molecule has 13 heavy (non-hydrogen) atoms. The van der Waals surface area contributed by atoms with Crippen LogP contribution in [-0.2, 0) is 6.42 Å². The summed E-state index contributed by atoms with van der Waals surface area (Å²) >= 11 is 0. The first-order valence-electron chi connectivity index (χ1n) is 5.01. The van der Waals surface area contributed by atoms with E-state index in [4.69, 9.17) is 4.74 Å². The number of fused-ring (bicyclic) bond motifs is 1. The summed E-state index contributed by atoms with van der Waals surface area (Å²) in [6, 6.07) is 4.20. The van der Waals surface area contributed by atoms with Crippen molar-refractivity contribution >= 4 is 0 Å². The van der Waals surface area contributed by atoms with E-state index in [1.807, 2.05) is 13.8 Å². The number of aryl methyl sites for hydroxylation is 1. The van der Waals surface area contributed by atoms with E-state index >= 15 is 0 Å². The van der Waals surface area contributed by atoms with Crippen LogP contribution in [0, 0.1) is 13.8 Å². The van der Waals surface area contributed by atoms with Crippen molar-refractivity contribution < 1.29 is 4.74 Å². The Labute approximate surface area is 80.7 Å². The van der Waals surface area contributed by atoms with Crippen LogP contribution in [0.15, 0.2) is 12.1 Å². The van der Waals surface area contributed by atoms with Gasteiger partial charge in [0.2, 0.25) is 0 Å². The summed E-state index contributed by atoms with van der Waals surface area (Å²) in [6.07, 6.45) is 1.09. The SMILES string of the molecule is CC.Cc1ccc2c(c1C)CCO2. The molecule has 0 bridgehead atoms. The van der Waals surface area contributed by atoms with Gasteiger partial charge in [-0.3, -0.25) is 0 Å². The summed E-state index contributed by atoms with van der Waals surface area (Å²) < 4.78 is 5.43. The molecule has 1 aromatic rings. The summed E-state index contributed by atoms with van der Waals surface area (Å²) in [5.74, 6) is 1.09. The second-order valence-electron chi connectivity index (χ2n) is 3.08. The molecule has 0 aromatic heterocycles. The van der Waals surface area contributed by atoms with Gasteiger partial charge in [0.05, 0.1) is 6.61 Å². The third-order valence-electron chi connectivity index (χ3n) is 2.44. The van der Waals surface area contributed by atoms with Crippen LogP contribution in [0.2, 0.25) is 0 Å². The predicted molar refractivity (Wildman–Crippen MR) is 56.5 cm³/mol. The molecule has 0 unspecified atom stereocenters. The molecule has 72 valence electrons. The van der Waals surface area contributed by atoms with E-state index in [9.17, 15) is 0 Å². The van der Waals surface area contributed by atoms with Crippen molar-refractivity contribution in [2.45, 2.75) is 34.1 Å². The highest BCUT2D eigenvalue weighted by atomic mass is 16.5. The number of hydrogen-bond donors (Lipinski definition) is 0. The molecule has 1 heterocycles. The largest absolute Gasteiger partial charge is 0.493 e.